The molecule has 0 saturated heterocycles. The summed E-state index contributed by atoms with van der Waals surface area (Å²) < 4.78 is 29.8. The average molecular weight is 431 g/mol. The van der Waals surface area contributed by atoms with Gasteiger partial charge < -0.3 is 10.1 Å². The Labute approximate surface area is 174 Å². The fourth-order valence-corrected chi connectivity index (χ4v) is 4.74. The molecule has 3 rings (SSSR count). The molecule has 1 amide bonds. The number of benzene rings is 2. The summed E-state index contributed by atoms with van der Waals surface area (Å²) in [4.78, 5) is 16.8. The maximum absolute atomic E-state index is 12.4. The zero-order chi connectivity index (χ0) is 20.9. The molecule has 152 valence electrons. The van der Waals surface area contributed by atoms with Crippen molar-refractivity contribution >= 4 is 32.2 Å². The number of carbonyl (C=O) groups is 1. The number of sulfone groups is 1. The van der Waals surface area contributed by atoms with Gasteiger partial charge in [-0.2, -0.15) is 0 Å². The minimum Gasteiger partial charge on any atom is -0.497 e. The van der Waals surface area contributed by atoms with Crippen LogP contribution in [0, 0.1) is 6.92 Å². The number of amides is 1. The van der Waals surface area contributed by atoms with Crippen LogP contribution < -0.4 is 10.1 Å². The Morgan fingerprint density at radius 3 is 2.45 bits per heavy atom. The van der Waals surface area contributed by atoms with E-state index in [0.717, 1.165) is 11.3 Å². The topological polar surface area (TPSA) is 85.4 Å². The van der Waals surface area contributed by atoms with E-state index >= 15 is 0 Å². The van der Waals surface area contributed by atoms with Crippen molar-refractivity contribution in [2.75, 3.05) is 18.2 Å². The normalized spacial score (nSPS) is 11.2. The summed E-state index contributed by atoms with van der Waals surface area (Å²) in [5.74, 6) is 0.246. The number of ether oxygens (including phenoxy) is 1. The molecule has 0 atom stereocenters. The Balaban J connectivity index is 1.51. The summed E-state index contributed by atoms with van der Waals surface area (Å²) in [6.45, 7) is 2.02. The van der Waals surface area contributed by atoms with Crippen molar-refractivity contribution in [2.24, 2.45) is 0 Å². The number of aryl methyl sites for hydroxylation is 1. The first-order valence-electron chi connectivity index (χ1n) is 9.06. The van der Waals surface area contributed by atoms with Crippen LogP contribution in [0.5, 0.6) is 5.75 Å². The van der Waals surface area contributed by atoms with Gasteiger partial charge in [0.25, 0.3) is 0 Å². The molecule has 0 aliphatic rings. The van der Waals surface area contributed by atoms with Gasteiger partial charge in [-0.05, 0) is 37.6 Å². The van der Waals surface area contributed by atoms with Crippen LogP contribution in [0.2, 0.25) is 0 Å². The minimum atomic E-state index is -3.44. The van der Waals surface area contributed by atoms with Gasteiger partial charge in [0.05, 0.1) is 23.5 Å². The Kier molecular flexibility index (Phi) is 6.66. The molecule has 0 unspecified atom stereocenters. The van der Waals surface area contributed by atoms with Crippen LogP contribution in [0.15, 0.2) is 58.8 Å². The average Bonchev–Trinajstić information content (AvgIpc) is 3.16. The van der Waals surface area contributed by atoms with Gasteiger partial charge in [-0.25, -0.2) is 13.4 Å². The second-order valence-corrected chi connectivity index (χ2v) is 9.52. The van der Waals surface area contributed by atoms with Gasteiger partial charge >= 0.3 is 0 Å². The summed E-state index contributed by atoms with van der Waals surface area (Å²) in [6, 6.07) is 14.2. The van der Waals surface area contributed by atoms with E-state index < -0.39 is 9.84 Å². The number of rotatable bonds is 8. The number of anilines is 1. The van der Waals surface area contributed by atoms with Crippen molar-refractivity contribution < 1.29 is 17.9 Å². The Morgan fingerprint density at radius 2 is 1.79 bits per heavy atom. The van der Waals surface area contributed by atoms with Crippen molar-refractivity contribution in [3.63, 3.8) is 0 Å². The van der Waals surface area contributed by atoms with E-state index in [0.29, 0.717) is 10.9 Å². The highest BCUT2D eigenvalue weighted by Crippen LogP contribution is 2.25. The fourth-order valence-electron chi connectivity index (χ4n) is 2.69. The molecule has 0 radical (unpaired) electrons. The maximum Gasteiger partial charge on any atom is 0.226 e. The van der Waals surface area contributed by atoms with E-state index in [1.807, 2.05) is 36.6 Å². The monoisotopic (exact) mass is 430 g/mol. The molecule has 3 aromatic rings. The highest BCUT2D eigenvalue weighted by atomic mass is 32.2. The van der Waals surface area contributed by atoms with Gasteiger partial charge in [-0.3, -0.25) is 4.79 Å². The molecule has 0 aliphatic heterocycles. The lowest BCUT2D eigenvalue weighted by Gasteiger charge is -2.06. The quantitative estimate of drug-likeness (QED) is 0.575. The van der Waals surface area contributed by atoms with Crippen LogP contribution >= 0.6 is 11.3 Å². The van der Waals surface area contributed by atoms with Crippen LogP contribution in [0.25, 0.3) is 11.3 Å². The van der Waals surface area contributed by atoms with Crippen LogP contribution in [-0.2, 0) is 14.6 Å². The van der Waals surface area contributed by atoms with Crippen molar-refractivity contribution in [3.8, 4) is 17.0 Å². The Hall–Kier alpha value is -2.71. The lowest BCUT2D eigenvalue weighted by molar-refractivity contribution is -0.116. The van der Waals surface area contributed by atoms with Crippen molar-refractivity contribution in [2.45, 2.75) is 24.7 Å². The summed E-state index contributed by atoms with van der Waals surface area (Å²) in [6.07, 6.45) is 0.339. The zero-order valence-electron chi connectivity index (χ0n) is 16.2. The van der Waals surface area contributed by atoms with Crippen LogP contribution in [-0.4, -0.2) is 32.2 Å². The molecule has 0 aliphatic carbocycles. The lowest BCUT2D eigenvalue weighted by Crippen LogP contribution is -2.14. The number of methoxy groups -OCH3 is 1. The second kappa shape index (κ2) is 9.19. The van der Waals surface area contributed by atoms with Crippen molar-refractivity contribution in [1.82, 2.24) is 4.98 Å². The van der Waals surface area contributed by atoms with Crippen LogP contribution in [0.4, 0.5) is 5.13 Å². The molecular formula is C21H22N2O4S2. The number of nitrogens with zero attached hydrogens (tertiary/aromatic N) is 1. The number of carbonyl (C=O) groups excluding carboxylic acids is 1. The predicted molar refractivity (Wildman–Crippen MR) is 115 cm³/mol. The first-order chi connectivity index (χ1) is 13.9. The molecule has 0 spiro atoms. The molecule has 2 aromatic carbocycles. The molecule has 1 N–H and O–H groups in total. The lowest BCUT2D eigenvalue weighted by atomic mass is 10.1. The summed E-state index contributed by atoms with van der Waals surface area (Å²) in [5.41, 5.74) is 2.95. The molecule has 1 aromatic heterocycles. The molecule has 0 bridgehead atoms. The number of aromatic nitrogens is 1. The highest BCUT2D eigenvalue weighted by molar-refractivity contribution is 7.91. The third kappa shape index (κ3) is 5.65. The number of hydrogen-bond donors (Lipinski definition) is 1. The molecule has 8 heteroatoms. The van der Waals surface area contributed by atoms with Gasteiger partial charge in [-0.1, -0.05) is 29.8 Å². The standard InChI is InChI=1S/C21H22N2O4S2/c1-15-5-7-16(8-6-15)19-14-28-21(22-19)23-20(24)4-3-13-29(25,26)18-11-9-17(27-2)10-12-18/h5-12,14H,3-4,13H2,1-2H3,(H,22,23,24). The van der Waals surface area contributed by atoms with Gasteiger partial charge in [0, 0.05) is 17.4 Å². The van der Waals surface area contributed by atoms with E-state index in [9.17, 15) is 13.2 Å². The van der Waals surface area contributed by atoms with E-state index in [1.165, 1.54) is 36.1 Å². The highest BCUT2D eigenvalue weighted by Gasteiger charge is 2.16. The van der Waals surface area contributed by atoms with Crippen LogP contribution in [0.3, 0.4) is 0 Å². The largest absolute Gasteiger partial charge is 0.497 e. The fraction of sp³-hybridized carbons (Fsp3) is 0.238. The van der Waals surface area contributed by atoms with Gasteiger partial charge in [0.2, 0.25) is 5.91 Å². The minimum absolute atomic E-state index is 0.0980. The predicted octanol–water partition coefficient (Wildman–Crippen LogP) is 4.32. The number of thiazole rings is 1. The first-order valence-corrected chi connectivity index (χ1v) is 11.6. The summed E-state index contributed by atoms with van der Waals surface area (Å²) in [5, 5.41) is 5.13. The molecule has 1 heterocycles. The molecule has 29 heavy (non-hydrogen) atoms. The van der Waals surface area contributed by atoms with Gasteiger partial charge in [0.1, 0.15) is 5.75 Å². The Bertz CT molecular complexity index is 1070. The van der Waals surface area contributed by atoms with E-state index in [1.54, 1.807) is 12.1 Å². The third-order valence-corrected chi connectivity index (χ3v) is 6.91. The second-order valence-electron chi connectivity index (χ2n) is 6.55. The summed E-state index contributed by atoms with van der Waals surface area (Å²) >= 11 is 1.34. The maximum atomic E-state index is 12.4. The SMILES string of the molecule is COc1ccc(S(=O)(=O)CCCC(=O)Nc2nc(-c3ccc(C)cc3)cs2)cc1. The van der Waals surface area contributed by atoms with E-state index in [-0.39, 0.29) is 29.4 Å². The summed E-state index contributed by atoms with van der Waals surface area (Å²) in [7, 11) is -1.92. The molecule has 0 saturated carbocycles. The molecular weight excluding hydrogens is 408 g/mol. The smallest absolute Gasteiger partial charge is 0.226 e. The van der Waals surface area contributed by atoms with Crippen molar-refractivity contribution in [1.29, 1.82) is 0 Å². The van der Waals surface area contributed by atoms with Gasteiger partial charge in [-0.15, -0.1) is 11.3 Å². The third-order valence-electron chi connectivity index (χ3n) is 4.33. The molecule has 6 nitrogen and oxygen atoms in total. The molecule has 0 fully saturated rings. The first kappa shape index (κ1) is 21.0. The van der Waals surface area contributed by atoms with Crippen LogP contribution in [0.1, 0.15) is 18.4 Å². The Morgan fingerprint density at radius 1 is 1.10 bits per heavy atom. The van der Waals surface area contributed by atoms with E-state index in [4.69, 9.17) is 4.74 Å². The van der Waals surface area contributed by atoms with Gasteiger partial charge in [0.15, 0.2) is 15.0 Å². The number of nitrogens with one attached hydrogen (secondary N) is 1. The van der Waals surface area contributed by atoms with E-state index in [2.05, 4.69) is 10.3 Å². The van der Waals surface area contributed by atoms with Crippen molar-refractivity contribution in [3.05, 3.63) is 59.5 Å². The zero-order valence-corrected chi connectivity index (χ0v) is 17.8. The number of hydrogen-bond acceptors (Lipinski definition) is 6.